The van der Waals surface area contributed by atoms with E-state index >= 15 is 19.2 Å². The van der Waals surface area contributed by atoms with Gasteiger partial charge in [-0.3, -0.25) is 29.4 Å². The Hall–Kier alpha value is -8.78. The number of benzene rings is 6. The summed E-state index contributed by atoms with van der Waals surface area (Å²) in [5, 5.41) is 21.8. The minimum absolute atomic E-state index is 0.0706. The zero-order chi connectivity index (χ0) is 54.1. The summed E-state index contributed by atoms with van der Waals surface area (Å²) in [4.78, 5) is 80.3. The van der Waals surface area contributed by atoms with Crippen molar-refractivity contribution < 1.29 is 52.9 Å². The van der Waals surface area contributed by atoms with Crippen LogP contribution in [0.4, 0.5) is 16.2 Å². The van der Waals surface area contributed by atoms with Crippen molar-refractivity contribution in [1.29, 1.82) is 0 Å². The Morgan fingerprint density at radius 2 is 1.50 bits per heavy atom. The van der Waals surface area contributed by atoms with E-state index in [0.29, 0.717) is 45.7 Å². The number of carbonyl (C=O) groups is 4. The number of allylic oxidation sites excluding steroid dienone is 2. The molecule has 16 heteroatoms. The molecule has 6 atom stereocenters. The number of nitro benzene ring substituents is 1. The number of nitro groups is 1. The Kier molecular flexibility index (Phi) is 14.3. The predicted molar refractivity (Wildman–Crippen MR) is 286 cm³/mol. The van der Waals surface area contributed by atoms with Crippen molar-refractivity contribution in [3.8, 4) is 29.1 Å². The van der Waals surface area contributed by atoms with Crippen LogP contribution < -0.4 is 19.1 Å². The van der Waals surface area contributed by atoms with Gasteiger partial charge in [-0.05, 0) is 120 Å². The van der Waals surface area contributed by atoms with Gasteiger partial charge < -0.3 is 33.7 Å². The van der Waals surface area contributed by atoms with E-state index in [-0.39, 0.29) is 55.6 Å². The number of hydrogen-bond donors (Lipinski definition) is 1. The molecule has 6 aromatic carbocycles. The fourth-order valence-corrected chi connectivity index (χ4v) is 12.2. The quantitative estimate of drug-likeness (QED) is 0.0529. The molecule has 2 saturated heterocycles. The Labute approximate surface area is 450 Å². The molecule has 0 saturated carbocycles. The average molecular weight is 1050 g/mol. The van der Waals surface area contributed by atoms with E-state index in [9.17, 15) is 15.2 Å². The first kappa shape index (κ1) is 51.3. The van der Waals surface area contributed by atoms with Gasteiger partial charge in [0.1, 0.15) is 36.5 Å². The lowest BCUT2D eigenvalue weighted by molar-refractivity contribution is -0.384. The number of ether oxygens (including phenoxy) is 5. The number of aliphatic hydroxyl groups is 1. The number of rotatable bonds is 12. The lowest BCUT2D eigenvalue weighted by Crippen LogP contribution is -2.57. The van der Waals surface area contributed by atoms with Gasteiger partial charge in [0.15, 0.2) is 11.5 Å². The van der Waals surface area contributed by atoms with E-state index < -0.39 is 64.4 Å². The summed E-state index contributed by atoms with van der Waals surface area (Å²) in [6.07, 6.45) is 4.20. The van der Waals surface area contributed by atoms with Gasteiger partial charge in [-0.25, -0.2) is 9.69 Å². The molecule has 396 valence electrons. The van der Waals surface area contributed by atoms with Crippen molar-refractivity contribution in [2.45, 2.75) is 74.9 Å². The maximum Gasteiger partial charge on any atom is 0.421 e. The number of cyclic esters (lactones) is 1. The number of carbonyl (C=O) groups excluding carboxylic acids is 4. The SMILES string of the molecule is COc1cc2c(cc1OC)CN(C(=O)[C@H]1[C@@H]3C(=O)O[C@@H](c4ccccc4)[C@@H](c4ccccc4)N3[C@@H](c3ccccc3OCCO)[C@]13C(=O)N(C(=O)OCc1ccc([N+](=O)[O-])cc1)c1ccc(C#CC4=CCCCC4)cc13)CC2. The van der Waals surface area contributed by atoms with Gasteiger partial charge in [-0.2, -0.15) is 0 Å². The third-order valence-electron chi connectivity index (χ3n) is 15.7. The van der Waals surface area contributed by atoms with Crippen molar-refractivity contribution in [3.05, 3.63) is 206 Å². The van der Waals surface area contributed by atoms with Crippen LogP contribution in [0.25, 0.3) is 0 Å². The van der Waals surface area contributed by atoms with Gasteiger partial charge in [-0.15, -0.1) is 0 Å². The van der Waals surface area contributed by atoms with E-state index in [1.807, 2.05) is 77.7 Å². The molecule has 4 aliphatic heterocycles. The number of amides is 3. The maximum absolute atomic E-state index is 17.0. The zero-order valence-electron chi connectivity index (χ0n) is 43.0. The topological polar surface area (TPSA) is 188 Å². The summed E-state index contributed by atoms with van der Waals surface area (Å²) in [6, 6.07) is 36.6. The smallest absolute Gasteiger partial charge is 0.421 e. The molecule has 1 aliphatic carbocycles. The largest absolute Gasteiger partial charge is 0.493 e. The molecule has 3 amide bonds. The second-order valence-corrected chi connectivity index (χ2v) is 19.9. The summed E-state index contributed by atoms with van der Waals surface area (Å²) in [5.41, 5.74) is 3.39. The van der Waals surface area contributed by atoms with Crippen molar-refractivity contribution in [2.24, 2.45) is 5.92 Å². The second-order valence-electron chi connectivity index (χ2n) is 19.9. The fourth-order valence-electron chi connectivity index (χ4n) is 12.2. The molecule has 16 nitrogen and oxygen atoms in total. The molecule has 78 heavy (non-hydrogen) atoms. The van der Waals surface area contributed by atoms with Crippen molar-refractivity contribution in [1.82, 2.24) is 9.80 Å². The molecular weight excluding hydrogens is 993 g/mol. The summed E-state index contributed by atoms with van der Waals surface area (Å²) in [5.74, 6) is 4.21. The van der Waals surface area contributed by atoms with Crippen LogP contribution in [0.3, 0.4) is 0 Å². The minimum Gasteiger partial charge on any atom is -0.493 e. The normalized spacial score (nSPS) is 22.2. The van der Waals surface area contributed by atoms with Crippen LogP contribution in [-0.2, 0) is 48.8 Å². The molecule has 2 fully saturated rings. The maximum atomic E-state index is 17.0. The predicted octanol–water partition coefficient (Wildman–Crippen LogP) is 9.42. The van der Waals surface area contributed by atoms with Crippen LogP contribution in [-0.4, -0.2) is 83.7 Å². The highest BCUT2D eigenvalue weighted by atomic mass is 16.6. The Morgan fingerprint density at radius 3 is 2.19 bits per heavy atom. The van der Waals surface area contributed by atoms with E-state index in [4.69, 9.17) is 23.7 Å². The number of anilines is 1. The number of nitrogens with zero attached hydrogens (tertiary/aromatic N) is 4. The van der Waals surface area contributed by atoms with E-state index in [1.165, 1.54) is 31.4 Å². The number of methoxy groups -OCH3 is 2. The highest BCUT2D eigenvalue weighted by Crippen LogP contribution is 2.67. The van der Waals surface area contributed by atoms with E-state index in [0.717, 1.165) is 47.3 Å². The molecule has 0 unspecified atom stereocenters. The number of aliphatic hydroxyl groups excluding tert-OH is 1. The molecule has 11 rings (SSSR count). The Bertz CT molecular complexity index is 3410. The first-order valence-corrected chi connectivity index (χ1v) is 26.1. The van der Waals surface area contributed by atoms with Crippen molar-refractivity contribution >= 4 is 35.3 Å². The van der Waals surface area contributed by atoms with Crippen molar-refractivity contribution in [3.63, 3.8) is 0 Å². The first-order chi connectivity index (χ1) is 38.0. The van der Waals surface area contributed by atoms with Gasteiger partial charge in [0, 0.05) is 36.3 Å². The van der Waals surface area contributed by atoms with Crippen LogP contribution in [0.15, 0.2) is 151 Å². The number of non-ortho nitro benzene ring substituents is 1. The molecule has 0 aromatic heterocycles. The number of para-hydroxylation sites is 1. The Morgan fingerprint density at radius 1 is 0.795 bits per heavy atom. The first-order valence-electron chi connectivity index (χ1n) is 26.1. The minimum atomic E-state index is -2.17. The summed E-state index contributed by atoms with van der Waals surface area (Å²) < 4.78 is 30.5. The van der Waals surface area contributed by atoms with Gasteiger partial charge in [0.05, 0.1) is 49.4 Å². The summed E-state index contributed by atoms with van der Waals surface area (Å²) in [6.45, 7) is -0.603. The van der Waals surface area contributed by atoms with Crippen LogP contribution >= 0.6 is 0 Å². The monoisotopic (exact) mass is 1050 g/mol. The third-order valence-corrected chi connectivity index (χ3v) is 15.7. The third kappa shape index (κ3) is 9.08. The molecular formula is C62H56N4O12. The van der Waals surface area contributed by atoms with Crippen LogP contribution in [0.2, 0.25) is 0 Å². The van der Waals surface area contributed by atoms with Gasteiger partial charge in [-0.1, -0.05) is 96.8 Å². The van der Waals surface area contributed by atoms with Gasteiger partial charge >= 0.3 is 12.1 Å². The van der Waals surface area contributed by atoms with E-state index in [2.05, 4.69) is 17.9 Å². The second kappa shape index (κ2) is 21.7. The number of morpholine rings is 1. The lowest BCUT2D eigenvalue weighted by atomic mass is 9.64. The number of esters is 1. The fraction of sp³-hybridized carbons (Fsp3) is 0.290. The molecule has 0 radical (unpaired) electrons. The highest BCUT2D eigenvalue weighted by Gasteiger charge is 2.76. The summed E-state index contributed by atoms with van der Waals surface area (Å²) in [7, 11) is 3.09. The standard InChI is InChI=1S/C62H56N4O12/c1-74-51-35-44-30-31-63(37-45(44)36-52(51)75-2)58(68)53-55-59(69)78-56(43-18-10-5-11-19-43)54(42-16-8-4-9-17-42)65(55)57(47-20-12-13-21-50(47)76-33-32-67)62(53)48-34-40(23-22-39-14-6-3-7-15-39)26-29-49(48)64(60(62)70)61(71)77-38-41-24-27-46(28-25-41)66(72)73/h4-5,8-14,16-21,24-29,34-36,53-57,67H,3,6-7,15,30-33,37-38H2,1-2H3/t53-,54-,55-,56+,57+,62-/m1/s1. The molecule has 1 N–H and O–H groups in total. The number of fused-ring (bicyclic) bond motifs is 4. The molecule has 0 bridgehead atoms. The molecule has 4 heterocycles. The van der Waals surface area contributed by atoms with Gasteiger partial charge in [0.2, 0.25) is 11.8 Å². The summed E-state index contributed by atoms with van der Waals surface area (Å²) >= 11 is 0. The molecule has 1 spiro atoms. The van der Waals surface area contributed by atoms with Crippen LogP contribution in [0, 0.1) is 27.9 Å². The molecule has 6 aromatic rings. The number of imide groups is 1. The van der Waals surface area contributed by atoms with Crippen LogP contribution in [0.1, 0.15) is 88.4 Å². The van der Waals surface area contributed by atoms with Gasteiger partial charge in [0.25, 0.3) is 5.69 Å². The average Bonchev–Trinajstić information content (AvgIpc) is 2.95. The van der Waals surface area contributed by atoms with Crippen molar-refractivity contribution in [2.75, 3.05) is 38.9 Å². The highest BCUT2D eigenvalue weighted by molar-refractivity contribution is 6.23. The Balaban J connectivity index is 1.18. The van der Waals surface area contributed by atoms with Crippen LogP contribution in [0.5, 0.6) is 17.2 Å². The number of hydrogen-bond acceptors (Lipinski definition) is 13. The lowest BCUT2D eigenvalue weighted by Gasteiger charge is -2.46. The molecule has 5 aliphatic rings. The zero-order valence-corrected chi connectivity index (χ0v) is 43.0. The van der Waals surface area contributed by atoms with E-state index in [1.54, 1.807) is 54.5 Å².